The van der Waals surface area contributed by atoms with Gasteiger partial charge in [0.15, 0.2) is 0 Å². The minimum atomic E-state index is -0.0318. The maximum absolute atomic E-state index is 10.0. The van der Waals surface area contributed by atoms with Crippen molar-refractivity contribution in [2.24, 2.45) is 11.3 Å². The van der Waals surface area contributed by atoms with Crippen molar-refractivity contribution in [3.8, 4) is 0 Å². The summed E-state index contributed by atoms with van der Waals surface area (Å²) in [5.74, 6) is 0.693. The summed E-state index contributed by atoms with van der Waals surface area (Å²) >= 11 is 0. The maximum atomic E-state index is 10.0. The molecule has 2 fully saturated rings. The summed E-state index contributed by atoms with van der Waals surface area (Å²) in [5.41, 5.74) is 0.519. The first-order chi connectivity index (χ1) is 9.57. The zero-order chi connectivity index (χ0) is 14.6. The highest BCUT2D eigenvalue weighted by molar-refractivity contribution is 5.03. The number of aliphatic hydroxyl groups is 1. The summed E-state index contributed by atoms with van der Waals surface area (Å²) in [4.78, 5) is 2.59. The summed E-state index contributed by atoms with van der Waals surface area (Å²) in [5, 5.41) is 13.7. The zero-order valence-electron chi connectivity index (χ0n) is 13.7. The summed E-state index contributed by atoms with van der Waals surface area (Å²) in [6.07, 6.45) is 7.63. The number of hydrogen-bond acceptors (Lipinski definition) is 3. The molecule has 1 aliphatic heterocycles. The Hall–Kier alpha value is -0.120. The molecule has 118 valence electrons. The Morgan fingerprint density at radius 1 is 1.25 bits per heavy atom. The molecule has 1 unspecified atom stereocenters. The van der Waals surface area contributed by atoms with Gasteiger partial charge in [0, 0.05) is 6.54 Å². The predicted molar refractivity (Wildman–Crippen MR) is 84.9 cm³/mol. The fourth-order valence-electron chi connectivity index (χ4n) is 3.58. The third-order valence-corrected chi connectivity index (χ3v) is 5.79. The Kier molecular flexibility index (Phi) is 5.49. The van der Waals surface area contributed by atoms with Gasteiger partial charge < -0.3 is 15.3 Å². The molecule has 1 saturated carbocycles. The van der Waals surface area contributed by atoms with Gasteiger partial charge in [-0.3, -0.25) is 0 Å². The Balaban J connectivity index is 1.91. The van der Waals surface area contributed by atoms with E-state index < -0.39 is 0 Å². The second-order valence-corrected chi connectivity index (χ2v) is 7.46. The fraction of sp³-hybridized carbons (Fsp3) is 1.00. The van der Waals surface area contributed by atoms with Crippen molar-refractivity contribution in [3.63, 3.8) is 0 Å². The van der Waals surface area contributed by atoms with Gasteiger partial charge in [-0.15, -0.1) is 0 Å². The molecular weight excluding hydrogens is 248 g/mol. The van der Waals surface area contributed by atoms with Crippen LogP contribution in [0, 0.1) is 11.3 Å². The van der Waals surface area contributed by atoms with E-state index in [1.54, 1.807) is 0 Å². The second kappa shape index (κ2) is 6.76. The van der Waals surface area contributed by atoms with Crippen LogP contribution in [0.3, 0.4) is 0 Å². The average Bonchev–Trinajstić information content (AvgIpc) is 3.31. The largest absolute Gasteiger partial charge is 0.394 e. The van der Waals surface area contributed by atoms with Gasteiger partial charge in [-0.05, 0) is 63.1 Å². The van der Waals surface area contributed by atoms with Crippen LogP contribution >= 0.6 is 0 Å². The van der Waals surface area contributed by atoms with Crippen LogP contribution in [0.4, 0.5) is 0 Å². The molecule has 2 rings (SSSR count). The molecule has 3 nitrogen and oxygen atoms in total. The van der Waals surface area contributed by atoms with Crippen molar-refractivity contribution >= 4 is 0 Å². The molecule has 1 heterocycles. The van der Waals surface area contributed by atoms with Gasteiger partial charge in [-0.25, -0.2) is 0 Å². The van der Waals surface area contributed by atoms with E-state index in [1.165, 1.54) is 45.2 Å². The Morgan fingerprint density at radius 2 is 1.90 bits per heavy atom. The van der Waals surface area contributed by atoms with Gasteiger partial charge in [0.1, 0.15) is 0 Å². The second-order valence-electron chi connectivity index (χ2n) is 7.46. The molecule has 0 aromatic carbocycles. The van der Waals surface area contributed by atoms with Crippen molar-refractivity contribution in [1.29, 1.82) is 0 Å². The van der Waals surface area contributed by atoms with Crippen LogP contribution in [0.25, 0.3) is 0 Å². The van der Waals surface area contributed by atoms with Crippen LogP contribution in [-0.4, -0.2) is 48.3 Å². The molecule has 2 N–H and O–H groups in total. The van der Waals surface area contributed by atoms with E-state index in [4.69, 9.17) is 0 Å². The monoisotopic (exact) mass is 282 g/mol. The molecule has 0 aromatic rings. The topological polar surface area (TPSA) is 35.5 Å². The summed E-state index contributed by atoms with van der Waals surface area (Å²) in [6, 6.07) is 0. The first-order valence-corrected chi connectivity index (χ1v) is 8.66. The highest BCUT2D eigenvalue weighted by Gasteiger charge is 2.46. The van der Waals surface area contributed by atoms with Gasteiger partial charge in [0.05, 0.1) is 12.1 Å². The average molecular weight is 282 g/mol. The van der Waals surface area contributed by atoms with Gasteiger partial charge in [-0.2, -0.15) is 0 Å². The van der Waals surface area contributed by atoms with Crippen LogP contribution in [0.15, 0.2) is 0 Å². The minimum absolute atomic E-state index is 0.0318. The molecule has 0 bridgehead atoms. The van der Waals surface area contributed by atoms with E-state index >= 15 is 0 Å². The SMILES string of the molecule is CCCNC(CO)(CN1CCC(C)(CC)CC1)C1CC1. The van der Waals surface area contributed by atoms with Gasteiger partial charge in [0.2, 0.25) is 0 Å². The first kappa shape index (κ1) is 16.3. The number of aliphatic hydroxyl groups excluding tert-OH is 1. The van der Waals surface area contributed by atoms with Crippen LogP contribution in [0.5, 0.6) is 0 Å². The first-order valence-electron chi connectivity index (χ1n) is 8.66. The van der Waals surface area contributed by atoms with E-state index in [-0.39, 0.29) is 5.54 Å². The number of piperidine rings is 1. The van der Waals surface area contributed by atoms with Crippen LogP contribution < -0.4 is 5.32 Å². The van der Waals surface area contributed by atoms with Crippen molar-refractivity contribution in [2.75, 3.05) is 32.8 Å². The molecule has 0 aromatic heterocycles. The molecule has 1 atom stereocenters. The molecule has 2 aliphatic rings. The third-order valence-electron chi connectivity index (χ3n) is 5.79. The smallest absolute Gasteiger partial charge is 0.0628 e. The molecule has 3 heteroatoms. The normalized spacial score (nSPS) is 26.4. The lowest BCUT2D eigenvalue weighted by molar-refractivity contribution is 0.0519. The highest BCUT2D eigenvalue weighted by Crippen LogP contribution is 2.41. The van der Waals surface area contributed by atoms with Crippen molar-refractivity contribution in [2.45, 2.75) is 64.8 Å². The van der Waals surface area contributed by atoms with Crippen LogP contribution in [-0.2, 0) is 0 Å². The molecular formula is C17H34N2O. The number of hydrogen-bond donors (Lipinski definition) is 2. The quantitative estimate of drug-likeness (QED) is 0.718. The number of likely N-dealkylation sites (tertiary alicyclic amines) is 1. The molecule has 0 radical (unpaired) electrons. The number of nitrogens with one attached hydrogen (secondary N) is 1. The van der Waals surface area contributed by atoms with E-state index in [0.29, 0.717) is 17.9 Å². The Labute approximate surface area is 125 Å². The molecule has 0 amide bonds. The van der Waals surface area contributed by atoms with Crippen molar-refractivity contribution in [3.05, 3.63) is 0 Å². The van der Waals surface area contributed by atoms with Crippen molar-refractivity contribution in [1.82, 2.24) is 10.2 Å². The molecule has 0 spiro atoms. The minimum Gasteiger partial charge on any atom is -0.394 e. The predicted octanol–water partition coefficient (Wildman–Crippen LogP) is 2.64. The lowest BCUT2D eigenvalue weighted by atomic mass is 9.78. The van der Waals surface area contributed by atoms with E-state index in [2.05, 4.69) is 31.0 Å². The van der Waals surface area contributed by atoms with Crippen LogP contribution in [0.2, 0.25) is 0 Å². The van der Waals surface area contributed by atoms with E-state index in [0.717, 1.165) is 19.5 Å². The summed E-state index contributed by atoms with van der Waals surface area (Å²) in [7, 11) is 0. The lowest BCUT2D eigenvalue weighted by Crippen LogP contribution is -2.59. The van der Waals surface area contributed by atoms with E-state index in [1.807, 2.05) is 0 Å². The Bertz CT molecular complexity index is 295. The molecule has 20 heavy (non-hydrogen) atoms. The maximum Gasteiger partial charge on any atom is 0.0628 e. The number of rotatable bonds is 8. The van der Waals surface area contributed by atoms with Gasteiger partial charge in [0.25, 0.3) is 0 Å². The van der Waals surface area contributed by atoms with Crippen molar-refractivity contribution < 1.29 is 5.11 Å². The third kappa shape index (κ3) is 3.75. The fourth-order valence-corrected chi connectivity index (χ4v) is 3.58. The Morgan fingerprint density at radius 3 is 2.35 bits per heavy atom. The summed E-state index contributed by atoms with van der Waals surface area (Å²) in [6.45, 7) is 11.7. The summed E-state index contributed by atoms with van der Waals surface area (Å²) < 4.78 is 0. The van der Waals surface area contributed by atoms with Gasteiger partial charge in [-0.1, -0.05) is 27.2 Å². The molecule has 1 aliphatic carbocycles. The highest BCUT2D eigenvalue weighted by atomic mass is 16.3. The standard InChI is InChI=1S/C17H34N2O/c1-4-10-18-17(14-20,15-6-7-15)13-19-11-8-16(3,5-2)9-12-19/h15,18,20H,4-14H2,1-3H3. The van der Waals surface area contributed by atoms with Crippen LogP contribution in [0.1, 0.15) is 59.3 Å². The molecule has 1 saturated heterocycles. The number of nitrogens with zero attached hydrogens (tertiary/aromatic N) is 1. The lowest BCUT2D eigenvalue weighted by Gasteiger charge is -2.44. The zero-order valence-corrected chi connectivity index (χ0v) is 13.7. The van der Waals surface area contributed by atoms with Gasteiger partial charge >= 0.3 is 0 Å². The van der Waals surface area contributed by atoms with E-state index in [9.17, 15) is 5.11 Å².